The fourth-order valence-corrected chi connectivity index (χ4v) is 2.11. The number of anilines is 1. The van der Waals surface area contributed by atoms with E-state index in [1.807, 2.05) is 33.8 Å². The molecule has 110 valence electrons. The van der Waals surface area contributed by atoms with E-state index in [4.69, 9.17) is 17.0 Å². The molecule has 0 saturated heterocycles. The van der Waals surface area contributed by atoms with Gasteiger partial charge in [0.1, 0.15) is 0 Å². The maximum Gasteiger partial charge on any atom is 0.338 e. The normalized spacial score (nSPS) is 10.8. The molecule has 0 amide bonds. The fourth-order valence-electron chi connectivity index (χ4n) is 1.70. The third-order valence-electron chi connectivity index (χ3n) is 2.57. The molecule has 0 spiro atoms. The minimum atomic E-state index is -0.316. The number of ether oxygens (including phenoxy) is 1. The van der Waals surface area contributed by atoms with Crippen molar-refractivity contribution in [3.05, 3.63) is 29.3 Å². The van der Waals surface area contributed by atoms with Crippen molar-refractivity contribution in [1.82, 2.24) is 5.32 Å². The van der Waals surface area contributed by atoms with Crippen LogP contribution in [-0.2, 0) is 4.74 Å². The van der Waals surface area contributed by atoms with Gasteiger partial charge in [0.05, 0.1) is 12.2 Å². The molecule has 0 aliphatic heterocycles. The van der Waals surface area contributed by atoms with Gasteiger partial charge in [0, 0.05) is 11.2 Å². The Balaban J connectivity index is 2.89. The molecular weight excluding hydrogens is 272 g/mol. The molecule has 4 nitrogen and oxygen atoms in total. The van der Waals surface area contributed by atoms with Crippen molar-refractivity contribution in [1.29, 1.82) is 0 Å². The monoisotopic (exact) mass is 294 g/mol. The summed E-state index contributed by atoms with van der Waals surface area (Å²) in [6, 6.07) is 5.44. The summed E-state index contributed by atoms with van der Waals surface area (Å²) in [4.78, 5) is 11.8. The predicted octanol–water partition coefficient (Wildman–Crippen LogP) is 3.26. The molecule has 1 rings (SSSR count). The first kappa shape index (κ1) is 16.4. The summed E-state index contributed by atoms with van der Waals surface area (Å²) in [5, 5.41) is 6.82. The first-order valence-corrected chi connectivity index (χ1v) is 7.01. The van der Waals surface area contributed by atoms with E-state index in [0.717, 1.165) is 11.3 Å². The molecule has 0 heterocycles. The van der Waals surface area contributed by atoms with Crippen molar-refractivity contribution >= 4 is 29.0 Å². The van der Waals surface area contributed by atoms with Gasteiger partial charge in [0.2, 0.25) is 0 Å². The molecule has 1 aromatic carbocycles. The van der Waals surface area contributed by atoms with E-state index in [1.165, 1.54) is 0 Å². The van der Waals surface area contributed by atoms with Crippen molar-refractivity contribution in [3.8, 4) is 0 Å². The van der Waals surface area contributed by atoms with E-state index in [0.29, 0.717) is 17.3 Å². The molecule has 0 aliphatic rings. The average Bonchev–Trinajstić information content (AvgIpc) is 2.29. The Morgan fingerprint density at radius 1 is 1.35 bits per heavy atom. The maximum atomic E-state index is 11.8. The van der Waals surface area contributed by atoms with Gasteiger partial charge in [-0.05, 0) is 64.5 Å². The highest BCUT2D eigenvalue weighted by Gasteiger charge is 2.15. The fraction of sp³-hybridized carbons (Fsp3) is 0.467. The number of thiocarbonyl (C=S) groups is 1. The number of hydrogen-bond donors (Lipinski definition) is 2. The molecule has 0 bridgehead atoms. The highest BCUT2D eigenvalue weighted by atomic mass is 32.1. The second-order valence-corrected chi connectivity index (χ2v) is 5.94. The van der Waals surface area contributed by atoms with Crippen LogP contribution in [0.4, 0.5) is 5.69 Å². The molecule has 0 aromatic heterocycles. The van der Waals surface area contributed by atoms with E-state index in [9.17, 15) is 4.79 Å². The maximum absolute atomic E-state index is 11.8. The molecule has 0 aliphatic carbocycles. The minimum Gasteiger partial charge on any atom is -0.462 e. The Hall–Kier alpha value is -1.62. The second kappa shape index (κ2) is 6.70. The van der Waals surface area contributed by atoms with Gasteiger partial charge in [0.25, 0.3) is 0 Å². The smallest absolute Gasteiger partial charge is 0.338 e. The highest BCUT2D eigenvalue weighted by Crippen LogP contribution is 2.20. The zero-order valence-electron chi connectivity index (χ0n) is 12.7. The first-order valence-electron chi connectivity index (χ1n) is 6.60. The molecule has 0 radical (unpaired) electrons. The van der Waals surface area contributed by atoms with Crippen molar-refractivity contribution in [2.75, 3.05) is 11.9 Å². The van der Waals surface area contributed by atoms with Gasteiger partial charge in [-0.15, -0.1) is 0 Å². The molecule has 20 heavy (non-hydrogen) atoms. The van der Waals surface area contributed by atoms with Gasteiger partial charge >= 0.3 is 5.97 Å². The van der Waals surface area contributed by atoms with E-state index in [2.05, 4.69) is 10.6 Å². The quantitative estimate of drug-likeness (QED) is 0.662. The topological polar surface area (TPSA) is 50.4 Å². The van der Waals surface area contributed by atoms with Gasteiger partial charge in [-0.25, -0.2) is 4.79 Å². The molecule has 0 atom stereocenters. The number of carbonyl (C=O) groups excluding carboxylic acids is 1. The number of carbonyl (C=O) groups is 1. The summed E-state index contributed by atoms with van der Waals surface area (Å²) in [7, 11) is 0. The zero-order chi connectivity index (χ0) is 15.3. The van der Waals surface area contributed by atoms with Crippen LogP contribution in [0, 0.1) is 6.92 Å². The van der Waals surface area contributed by atoms with Crippen LogP contribution in [0.2, 0.25) is 0 Å². The molecule has 0 unspecified atom stereocenters. The predicted molar refractivity (Wildman–Crippen MR) is 86.2 cm³/mol. The third kappa shape index (κ3) is 4.81. The van der Waals surface area contributed by atoms with E-state index in [1.54, 1.807) is 19.1 Å². The van der Waals surface area contributed by atoms with E-state index < -0.39 is 0 Å². The summed E-state index contributed by atoms with van der Waals surface area (Å²) in [5.74, 6) is -0.316. The van der Waals surface area contributed by atoms with Crippen molar-refractivity contribution < 1.29 is 9.53 Å². The third-order valence-corrected chi connectivity index (χ3v) is 2.77. The SMILES string of the molecule is CCOC(=O)c1cccc(NC(=S)NC(C)(C)C)c1C. The van der Waals surface area contributed by atoms with Crippen LogP contribution in [0.3, 0.4) is 0 Å². The van der Waals surface area contributed by atoms with E-state index >= 15 is 0 Å². The summed E-state index contributed by atoms with van der Waals surface area (Å²) in [5.41, 5.74) is 2.06. The number of benzene rings is 1. The Morgan fingerprint density at radius 3 is 2.55 bits per heavy atom. The van der Waals surface area contributed by atoms with Gasteiger partial charge in [-0.3, -0.25) is 0 Å². The minimum absolute atomic E-state index is 0.114. The number of rotatable bonds is 3. The van der Waals surface area contributed by atoms with E-state index in [-0.39, 0.29) is 11.5 Å². The molecule has 5 heteroatoms. The lowest BCUT2D eigenvalue weighted by Crippen LogP contribution is -2.43. The highest BCUT2D eigenvalue weighted by molar-refractivity contribution is 7.80. The zero-order valence-corrected chi connectivity index (χ0v) is 13.5. The van der Waals surface area contributed by atoms with Crippen LogP contribution >= 0.6 is 12.2 Å². The number of nitrogens with one attached hydrogen (secondary N) is 2. The molecule has 2 N–H and O–H groups in total. The van der Waals surface area contributed by atoms with Gasteiger partial charge in [-0.1, -0.05) is 6.07 Å². The summed E-state index contributed by atoms with van der Waals surface area (Å²) < 4.78 is 5.03. The summed E-state index contributed by atoms with van der Waals surface area (Å²) in [6.07, 6.45) is 0. The van der Waals surface area contributed by atoms with Crippen LogP contribution in [0.1, 0.15) is 43.6 Å². The molecule has 1 aromatic rings. The Bertz CT molecular complexity index is 507. The first-order chi connectivity index (χ1) is 9.24. The lowest BCUT2D eigenvalue weighted by atomic mass is 10.1. The van der Waals surface area contributed by atoms with Crippen molar-refractivity contribution in [2.45, 2.75) is 40.2 Å². The summed E-state index contributed by atoms with van der Waals surface area (Å²) in [6.45, 7) is 10.1. The molecular formula is C15H22N2O2S. The average molecular weight is 294 g/mol. The van der Waals surface area contributed by atoms with Crippen LogP contribution < -0.4 is 10.6 Å². The van der Waals surface area contributed by atoms with Gasteiger partial charge in [-0.2, -0.15) is 0 Å². The largest absolute Gasteiger partial charge is 0.462 e. The molecule has 0 saturated carbocycles. The standard InChI is InChI=1S/C15H22N2O2S/c1-6-19-13(18)11-8-7-9-12(10(11)2)16-14(20)17-15(3,4)5/h7-9H,6H2,1-5H3,(H2,16,17,20). The van der Waals surface area contributed by atoms with Crippen molar-refractivity contribution in [3.63, 3.8) is 0 Å². The molecule has 0 fully saturated rings. The summed E-state index contributed by atoms with van der Waals surface area (Å²) >= 11 is 5.27. The Kier molecular flexibility index (Phi) is 5.51. The van der Waals surface area contributed by atoms with Crippen LogP contribution in [-0.4, -0.2) is 23.2 Å². The number of esters is 1. The Morgan fingerprint density at radius 2 is 2.00 bits per heavy atom. The van der Waals surface area contributed by atoms with Gasteiger partial charge in [0.15, 0.2) is 5.11 Å². The van der Waals surface area contributed by atoms with Gasteiger partial charge < -0.3 is 15.4 Å². The van der Waals surface area contributed by atoms with Crippen molar-refractivity contribution in [2.24, 2.45) is 0 Å². The van der Waals surface area contributed by atoms with Crippen LogP contribution in [0.25, 0.3) is 0 Å². The Labute approximate surface area is 125 Å². The second-order valence-electron chi connectivity index (χ2n) is 5.53. The number of hydrogen-bond acceptors (Lipinski definition) is 3. The lowest BCUT2D eigenvalue weighted by Gasteiger charge is -2.23. The lowest BCUT2D eigenvalue weighted by molar-refractivity contribution is 0.0525. The van der Waals surface area contributed by atoms with Crippen LogP contribution in [0.15, 0.2) is 18.2 Å². The van der Waals surface area contributed by atoms with Crippen LogP contribution in [0.5, 0.6) is 0 Å².